The average molecular weight is 438 g/mol. The molecule has 0 radical (unpaired) electrons. The largest absolute Gasteiger partial charge is 0.488 e. The number of ether oxygens (including phenoxy) is 1. The number of nitrogens with one attached hydrogen (secondary N) is 1. The van der Waals surface area contributed by atoms with E-state index in [1.165, 1.54) is 0 Å². The van der Waals surface area contributed by atoms with E-state index in [0.29, 0.717) is 23.6 Å². The number of rotatable bonds is 5. The summed E-state index contributed by atoms with van der Waals surface area (Å²) in [5.74, 6) is 0.803. The summed E-state index contributed by atoms with van der Waals surface area (Å²) in [6, 6.07) is 7.78. The van der Waals surface area contributed by atoms with Crippen molar-refractivity contribution in [3.8, 4) is 17.1 Å². The van der Waals surface area contributed by atoms with Crippen LogP contribution in [0.25, 0.3) is 22.3 Å². The maximum absolute atomic E-state index is 14.6. The molecule has 2 saturated carbocycles. The van der Waals surface area contributed by atoms with Gasteiger partial charge in [0.2, 0.25) is 0 Å². The number of benzene rings is 1. The fourth-order valence-corrected chi connectivity index (χ4v) is 4.50. The molecule has 168 valence electrons. The molecule has 1 unspecified atom stereocenters. The number of alkyl halides is 1. The van der Waals surface area contributed by atoms with Crippen LogP contribution in [-0.2, 0) is 0 Å². The van der Waals surface area contributed by atoms with Crippen molar-refractivity contribution >= 4 is 16.6 Å². The third kappa shape index (κ3) is 3.27. The number of hydrogen-bond acceptors (Lipinski definition) is 5. The summed E-state index contributed by atoms with van der Waals surface area (Å²) in [6.45, 7) is 6.64. The Balaban J connectivity index is 1.46. The number of aromatic amines is 1. The molecule has 3 aliphatic rings. The molecule has 3 fully saturated rings. The highest BCUT2D eigenvalue weighted by Gasteiger charge is 2.42. The molecule has 0 bridgehead atoms. The zero-order valence-electron chi connectivity index (χ0n) is 18.7. The van der Waals surface area contributed by atoms with Crippen molar-refractivity contribution in [3.05, 3.63) is 34.6 Å². The molecule has 1 saturated heterocycles. The second-order valence-electron chi connectivity index (χ2n) is 10.6. The lowest BCUT2D eigenvalue weighted by molar-refractivity contribution is 0.200. The highest BCUT2D eigenvalue weighted by Crippen LogP contribution is 2.41. The van der Waals surface area contributed by atoms with Crippen LogP contribution in [0.3, 0.4) is 0 Å². The van der Waals surface area contributed by atoms with Crippen molar-refractivity contribution in [2.45, 2.75) is 64.3 Å². The Morgan fingerprint density at radius 2 is 1.97 bits per heavy atom. The predicted molar refractivity (Wildman–Crippen MR) is 121 cm³/mol. The Hall–Kier alpha value is -2.90. The minimum Gasteiger partial charge on any atom is -0.488 e. The van der Waals surface area contributed by atoms with Gasteiger partial charge in [-0.25, -0.2) is 9.07 Å². The van der Waals surface area contributed by atoms with Crippen molar-refractivity contribution in [3.63, 3.8) is 0 Å². The fourth-order valence-electron chi connectivity index (χ4n) is 4.50. The van der Waals surface area contributed by atoms with E-state index >= 15 is 0 Å². The summed E-state index contributed by atoms with van der Waals surface area (Å²) in [5, 5.41) is 13.2. The van der Waals surface area contributed by atoms with Crippen LogP contribution in [0.4, 0.5) is 10.1 Å². The second-order valence-corrected chi connectivity index (χ2v) is 10.6. The zero-order chi connectivity index (χ0) is 22.3. The molecule has 1 N–H and O–H groups in total. The highest BCUT2D eigenvalue weighted by molar-refractivity contribution is 5.93. The summed E-state index contributed by atoms with van der Waals surface area (Å²) in [5.41, 5.74) is 1.96. The first-order valence-corrected chi connectivity index (χ1v) is 11.4. The van der Waals surface area contributed by atoms with Crippen LogP contribution in [0.2, 0.25) is 0 Å². The SMILES string of the molecule is CC1(Oc2ccc3[nH]nc(-c4cc(N5CC(F)C(C)(C)C5)c(=O)n(C5CC5)n4)c3c2)CC1. The van der Waals surface area contributed by atoms with Crippen molar-refractivity contribution in [1.29, 1.82) is 0 Å². The molecular formula is C24H28FN5O2. The standard InChI is InChI=1S/C24H28FN5O2/c1-23(2)13-29(12-20(23)25)19-11-18(28-30(22(19)31)14-4-5-14)21-16-10-15(32-24(3)8-9-24)6-7-17(16)26-27-21/h6-7,10-11,14,20H,4-5,8-9,12-13H2,1-3H3,(H,26,27). The molecule has 3 heterocycles. The van der Waals surface area contributed by atoms with Crippen LogP contribution in [-0.4, -0.2) is 44.8 Å². The van der Waals surface area contributed by atoms with Gasteiger partial charge in [0.15, 0.2) is 0 Å². The van der Waals surface area contributed by atoms with Crippen molar-refractivity contribution in [2.24, 2.45) is 5.41 Å². The van der Waals surface area contributed by atoms with E-state index in [2.05, 4.69) is 17.1 Å². The molecule has 2 aliphatic carbocycles. The van der Waals surface area contributed by atoms with E-state index in [-0.39, 0.29) is 23.7 Å². The number of hydrogen-bond donors (Lipinski definition) is 1. The smallest absolute Gasteiger partial charge is 0.290 e. The molecule has 3 aromatic rings. The van der Waals surface area contributed by atoms with Gasteiger partial charge in [-0.05, 0) is 56.9 Å². The molecule has 1 aromatic carbocycles. The molecule has 0 amide bonds. The quantitative estimate of drug-likeness (QED) is 0.646. The molecule has 8 heteroatoms. The zero-order valence-corrected chi connectivity index (χ0v) is 18.7. The summed E-state index contributed by atoms with van der Waals surface area (Å²) in [6.07, 6.45) is 3.00. The molecule has 1 atom stereocenters. The predicted octanol–water partition coefficient (Wildman–Crippen LogP) is 4.24. The molecule has 32 heavy (non-hydrogen) atoms. The van der Waals surface area contributed by atoms with Crippen LogP contribution < -0.4 is 15.2 Å². The highest BCUT2D eigenvalue weighted by atomic mass is 19.1. The van der Waals surface area contributed by atoms with Crippen molar-refractivity contribution in [2.75, 3.05) is 18.0 Å². The fraction of sp³-hybridized carbons (Fsp3) is 0.542. The number of anilines is 1. The van der Waals surface area contributed by atoms with Gasteiger partial charge in [-0.1, -0.05) is 13.8 Å². The summed E-state index contributed by atoms with van der Waals surface area (Å²) in [7, 11) is 0. The minimum atomic E-state index is -0.984. The van der Waals surface area contributed by atoms with E-state index in [1.54, 1.807) is 10.7 Å². The Morgan fingerprint density at radius 1 is 1.19 bits per heavy atom. The Labute approximate surface area is 185 Å². The van der Waals surface area contributed by atoms with Crippen LogP contribution in [0.15, 0.2) is 29.1 Å². The van der Waals surface area contributed by atoms with E-state index in [9.17, 15) is 9.18 Å². The summed E-state index contributed by atoms with van der Waals surface area (Å²) in [4.78, 5) is 15.1. The van der Waals surface area contributed by atoms with Gasteiger partial charge >= 0.3 is 0 Å². The van der Waals surface area contributed by atoms with Gasteiger partial charge in [0.25, 0.3) is 5.56 Å². The second kappa shape index (κ2) is 6.56. The normalized spacial score (nSPS) is 23.6. The minimum absolute atomic E-state index is 0.0757. The molecule has 6 rings (SSSR count). The first kappa shape index (κ1) is 19.8. The maximum atomic E-state index is 14.6. The Kier molecular flexibility index (Phi) is 4.05. The van der Waals surface area contributed by atoms with E-state index in [0.717, 1.165) is 42.3 Å². The number of halogens is 1. The molecule has 2 aromatic heterocycles. The lowest BCUT2D eigenvalue weighted by Crippen LogP contribution is -2.33. The van der Waals surface area contributed by atoms with Gasteiger partial charge in [0, 0.05) is 23.9 Å². The van der Waals surface area contributed by atoms with Gasteiger partial charge in [-0.3, -0.25) is 9.89 Å². The molecule has 7 nitrogen and oxygen atoms in total. The van der Waals surface area contributed by atoms with Crippen molar-refractivity contribution in [1.82, 2.24) is 20.0 Å². The van der Waals surface area contributed by atoms with E-state index in [4.69, 9.17) is 9.84 Å². The van der Waals surface area contributed by atoms with Crippen LogP contribution in [0.1, 0.15) is 52.5 Å². The topological polar surface area (TPSA) is 76.0 Å². The van der Waals surface area contributed by atoms with Crippen LogP contribution in [0.5, 0.6) is 5.75 Å². The number of fused-ring (bicyclic) bond motifs is 1. The lowest BCUT2D eigenvalue weighted by Gasteiger charge is -2.22. The Morgan fingerprint density at radius 3 is 2.62 bits per heavy atom. The first-order valence-electron chi connectivity index (χ1n) is 11.4. The van der Waals surface area contributed by atoms with E-state index in [1.807, 2.05) is 36.9 Å². The molecule has 0 spiro atoms. The lowest BCUT2D eigenvalue weighted by atomic mass is 9.91. The molecular weight excluding hydrogens is 409 g/mol. The first-order chi connectivity index (χ1) is 15.2. The maximum Gasteiger partial charge on any atom is 0.290 e. The Bertz CT molecular complexity index is 1270. The summed E-state index contributed by atoms with van der Waals surface area (Å²) >= 11 is 0. The van der Waals surface area contributed by atoms with Gasteiger partial charge in [-0.2, -0.15) is 10.2 Å². The van der Waals surface area contributed by atoms with Crippen molar-refractivity contribution < 1.29 is 9.13 Å². The number of nitrogens with zero attached hydrogens (tertiary/aromatic N) is 4. The summed E-state index contributed by atoms with van der Waals surface area (Å²) < 4.78 is 22.3. The van der Waals surface area contributed by atoms with Gasteiger partial charge < -0.3 is 9.64 Å². The van der Waals surface area contributed by atoms with Crippen LogP contribution >= 0.6 is 0 Å². The van der Waals surface area contributed by atoms with Gasteiger partial charge in [0.1, 0.15) is 34.6 Å². The van der Waals surface area contributed by atoms with E-state index < -0.39 is 11.6 Å². The molecule has 1 aliphatic heterocycles. The third-order valence-corrected chi connectivity index (χ3v) is 7.07. The number of aromatic nitrogens is 4. The monoisotopic (exact) mass is 437 g/mol. The number of H-pyrrole nitrogens is 1. The van der Waals surface area contributed by atoms with Crippen LogP contribution in [0, 0.1) is 5.41 Å². The third-order valence-electron chi connectivity index (χ3n) is 7.07. The van der Waals surface area contributed by atoms with Gasteiger partial charge in [-0.15, -0.1) is 0 Å². The van der Waals surface area contributed by atoms with Gasteiger partial charge in [0.05, 0.1) is 11.6 Å². The average Bonchev–Trinajstić information content (AvgIpc) is 3.65.